The number of aromatic hydroxyl groups is 1. The normalized spacial score (nSPS) is 12.4. The molecule has 0 fully saturated rings. The van der Waals surface area contributed by atoms with Crippen LogP contribution in [-0.2, 0) is 63.5 Å². The van der Waals surface area contributed by atoms with Crippen molar-refractivity contribution in [3.8, 4) is 23.0 Å². The second-order valence-electron chi connectivity index (χ2n) is 25.3. The number of phenolic OH excluding ortho intramolecular Hbond substituents is 1. The number of ether oxygens (including phenoxy) is 4. The summed E-state index contributed by atoms with van der Waals surface area (Å²) in [5, 5.41) is 20.4. The number of fused-ring (bicyclic) bond motifs is 4. The molecule has 31 heteroatoms. The first kappa shape index (κ1) is 93.6. The van der Waals surface area contributed by atoms with Crippen molar-refractivity contribution in [1.82, 2.24) is 19.8 Å². The predicted octanol–water partition coefficient (Wildman–Crippen LogP) is 15.0. The van der Waals surface area contributed by atoms with Crippen LogP contribution in [-0.4, -0.2) is 146 Å². The number of carbonyl (C=O) groups excluding carboxylic acids is 5. The van der Waals surface area contributed by atoms with E-state index in [4.69, 9.17) is 51.2 Å². The summed E-state index contributed by atoms with van der Waals surface area (Å²) in [7, 11) is -9.32. The smallest absolute Gasteiger partial charge is 1.00 e. The molecule has 2 N–H and O–H groups in total. The maximum atomic E-state index is 14.4. The standard InChI is InChI=1S/C38H36FN2O7P.C31H21FN2O4.C9H19O5P.C7H17O4P.B.Li.H/c1-3-46-49(44,47-4-2)24-12-23-45-35-30-17-11-22-40-33(30)36(48-34(27-13-7-5-8-14-27)28-15-9-6-10-16-28)32-31(35)37(42)41(38(32)43)25-26-18-20-29(39)21-19-26;32-22-15-13-19(14-16-22)18-34-30(36)24-25(31(34)37)29(26-23(27(24)35)12-7-17-33-26)38-28(20-8-3-1-4-9-20)21-10-5-2-6-11-21;1-4-12-9(10)7-8-15(11,13-5-2)14-6-3;1-3-10-12(9,11-4-2)7-5-6-8;;;/h5-11,13-22,34H,3-4,12,23-25H2,1-2H3;1-17,28,35H,18H2;4-8H2,1-3H3;8H,3-7H2,1-2H3;;;/q;;;;;+1;-1. The van der Waals surface area contributed by atoms with Gasteiger partial charge in [-0.3, -0.25) is 57.4 Å². The van der Waals surface area contributed by atoms with Crippen LogP contribution in [0, 0.1) is 11.6 Å². The number of pyridine rings is 2. The molecule has 0 saturated carbocycles. The number of imide groups is 2. The van der Waals surface area contributed by atoms with Gasteiger partial charge in [-0.1, -0.05) is 146 Å². The van der Waals surface area contributed by atoms with E-state index in [1.165, 1.54) is 48.5 Å². The summed E-state index contributed by atoms with van der Waals surface area (Å²) < 4.78 is 119. The van der Waals surface area contributed by atoms with E-state index in [1.54, 1.807) is 85.1 Å². The molecule has 10 aromatic rings. The number of hydrogen-bond donors (Lipinski definition) is 2. The Morgan fingerprint density at radius 3 is 1.15 bits per heavy atom. The molecule has 0 saturated heterocycles. The minimum Gasteiger partial charge on any atom is -1.00 e. The second-order valence-corrected chi connectivity index (χ2v) is 31.8. The van der Waals surface area contributed by atoms with Gasteiger partial charge in [0, 0.05) is 38.2 Å². The molecule has 12 rings (SSSR count). The van der Waals surface area contributed by atoms with E-state index in [-0.39, 0.29) is 150 Å². The Labute approximate surface area is 689 Å². The number of esters is 1. The van der Waals surface area contributed by atoms with Crippen LogP contribution in [0.15, 0.2) is 207 Å². The molecule has 24 nitrogen and oxygen atoms in total. The van der Waals surface area contributed by atoms with Crippen molar-refractivity contribution < 1.29 is 123 Å². The zero-order valence-electron chi connectivity index (χ0n) is 67.0. The van der Waals surface area contributed by atoms with E-state index >= 15 is 0 Å². The van der Waals surface area contributed by atoms with Gasteiger partial charge in [0.1, 0.15) is 57.5 Å². The number of aliphatic hydroxyl groups is 1. The number of nitrogens with zero attached hydrogens (tertiary/aromatic N) is 4. The summed E-state index contributed by atoms with van der Waals surface area (Å²) in [6, 6.07) is 56.1. The summed E-state index contributed by atoms with van der Waals surface area (Å²) >= 11 is 0. The number of carbonyl (C=O) groups is 5. The maximum Gasteiger partial charge on any atom is 1.00 e. The van der Waals surface area contributed by atoms with Crippen LogP contribution in [0.4, 0.5) is 8.78 Å². The number of amides is 4. The summed E-state index contributed by atoms with van der Waals surface area (Å²) in [5.74, 6) is -3.57. The van der Waals surface area contributed by atoms with Crippen molar-refractivity contribution in [2.45, 2.75) is 93.0 Å². The first-order valence-corrected chi connectivity index (χ1v) is 42.7. The third-order valence-electron chi connectivity index (χ3n) is 17.5. The SMILES string of the molecule is CCOC(=O)CCP(=O)(OCC)OCC.CCOP(=O)(CCCO)OCC.CCOP(=O)(CCCOc1c2c(c(OC(c3ccccc3)c3ccccc3)c3ncccc13)C(=O)N(Cc1ccc(F)cc1)C2=O)OCC.O=C1c2c(c(OC(c3ccccc3)c3ccccc3)c3ncccc3c2O)C(=O)N1Cc1ccc(F)cc1.[B].[H-].[Li+]. The Kier molecular flexibility index (Phi) is 37.0. The van der Waals surface area contributed by atoms with Gasteiger partial charge in [-0.25, -0.2) is 8.78 Å². The van der Waals surface area contributed by atoms with Crippen LogP contribution in [0.1, 0.15) is 156 Å². The molecule has 607 valence electrons. The van der Waals surface area contributed by atoms with Crippen molar-refractivity contribution in [3.05, 3.63) is 274 Å². The molecule has 2 aromatic heterocycles. The molecule has 8 aromatic carbocycles. The number of benzene rings is 8. The predicted molar refractivity (Wildman–Crippen MR) is 434 cm³/mol. The third-order valence-corrected chi connectivity index (χ3v) is 23.9. The van der Waals surface area contributed by atoms with Crippen molar-refractivity contribution in [3.63, 3.8) is 0 Å². The van der Waals surface area contributed by atoms with Crippen molar-refractivity contribution in [2.75, 3.05) is 77.9 Å². The van der Waals surface area contributed by atoms with E-state index in [0.29, 0.717) is 73.0 Å². The second kappa shape index (κ2) is 45.8. The van der Waals surface area contributed by atoms with Crippen molar-refractivity contribution in [2.24, 2.45) is 0 Å². The van der Waals surface area contributed by atoms with Crippen LogP contribution in [0.3, 0.4) is 0 Å². The quantitative estimate of drug-likeness (QED) is 0.0121. The van der Waals surface area contributed by atoms with E-state index in [2.05, 4.69) is 9.97 Å². The van der Waals surface area contributed by atoms with Crippen LogP contribution < -0.4 is 33.1 Å². The van der Waals surface area contributed by atoms with Gasteiger partial charge in [0.25, 0.3) is 23.6 Å². The van der Waals surface area contributed by atoms with Gasteiger partial charge in [-0.15, -0.1) is 0 Å². The molecule has 0 bridgehead atoms. The zero-order valence-corrected chi connectivity index (χ0v) is 68.7. The molecule has 0 atom stereocenters. The molecule has 4 amide bonds. The monoisotopic (exact) mass is 1640 g/mol. The summed E-state index contributed by atoms with van der Waals surface area (Å²) in [6.45, 7) is 14.3. The molecule has 4 heterocycles. The Balaban J connectivity index is 0.000000275. The minimum absolute atomic E-state index is 0. The minimum atomic E-state index is -3.33. The van der Waals surface area contributed by atoms with Gasteiger partial charge in [-0.2, -0.15) is 0 Å². The van der Waals surface area contributed by atoms with E-state index in [9.17, 15) is 51.6 Å². The first-order valence-electron chi connectivity index (χ1n) is 37.5. The maximum absolute atomic E-state index is 14.4. The molecule has 3 radical (unpaired) electrons. The van der Waals surface area contributed by atoms with Gasteiger partial charge in [-0.05, 0) is 143 Å². The zero-order chi connectivity index (χ0) is 81.8. The van der Waals surface area contributed by atoms with Gasteiger partial charge >= 0.3 is 47.6 Å². The van der Waals surface area contributed by atoms with Crippen LogP contribution >= 0.6 is 22.8 Å². The van der Waals surface area contributed by atoms with Gasteiger partial charge in [0.15, 0.2) is 11.5 Å². The van der Waals surface area contributed by atoms with Crippen LogP contribution in [0.2, 0.25) is 0 Å². The topological polar surface area (TPSA) is 302 Å². The van der Waals surface area contributed by atoms with Crippen LogP contribution in [0.25, 0.3) is 21.8 Å². The summed E-state index contributed by atoms with van der Waals surface area (Å²) in [6.07, 6.45) is 3.14. The molecule has 0 aliphatic carbocycles. The molecular weight excluding hydrogens is 1550 g/mol. The molecule has 116 heavy (non-hydrogen) atoms. The Hall–Kier alpha value is -9.54. The first-order chi connectivity index (χ1) is 55.1. The number of hydrogen-bond acceptors (Lipinski definition) is 22. The molecule has 0 spiro atoms. The molecule has 2 aliphatic heterocycles. The Bertz CT molecular complexity index is 4940. The molecule has 2 aliphatic rings. The largest absolute Gasteiger partial charge is 1.00 e. The average Bonchev–Trinajstić information content (AvgIpc) is 1.60. The van der Waals surface area contributed by atoms with Gasteiger partial charge in [0.2, 0.25) is 0 Å². The van der Waals surface area contributed by atoms with Crippen molar-refractivity contribution in [1.29, 1.82) is 0 Å². The third kappa shape index (κ3) is 24.3. The number of aliphatic hydroxyl groups excluding tert-OH is 1. The van der Waals surface area contributed by atoms with Gasteiger partial charge in [0.05, 0.1) is 102 Å². The van der Waals surface area contributed by atoms with E-state index in [1.807, 2.05) is 121 Å². The van der Waals surface area contributed by atoms with E-state index < -0.39 is 70.3 Å². The molecule has 0 unspecified atom stereocenters. The Morgan fingerprint density at radius 2 is 0.776 bits per heavy atom. The fourth-order valence-corrected chi connectivity index (χ4v) is 17.4. The number of rotatable bonds is 36. The van der Waals surface area contributed by atoms with Crippen LogP contribution in [0.5, 0.6) is 23.0 Å². The average molecular weight is 1640 g/mol. The van der Waals surface area contributed by atoms with Gasteiger partial charge < -0.3 is 57.7 Å². The number of phenols is 1. The molecular formula is C85H94BF2LiN4O20P3. The number of halogens is 2. The summed E-state index contributed by atoms with van der Waals surface area (Å²) in [4.78, 5) is 78.2. The van der Waals surface area contributed by atoms with E-state index in [0.717, 1.165) is 32.1 Å². The fraction of sp³-hybridized carbons (Fsp3) is 0.306. The summed E-state index contributed by atoms with van der Waals surface area (Å²) in [5.41, 5.74) is 4.98. The van der Waals surface area contributed by atoms with Crippen molar-refractivity contribution >= 4 is 82.6 Å². The fourth-order valence-electron chi connectivity index (χ4n) is 12.5. The Morgan fingerprint density at radius 1 is 0.440 bits per heavy atom. The number of aromatic nitrogens is 2.